The van der Waals surface area contributed by atoms with Crippen LogP contribution >= 0.6 is 0 Å². The predicted octanol–water partition coefficient (Wildman–Crippen LogP) is 3.21. The number of benzene rings is 1. The van der Waals surface area contributed by atoms with Crippen LogP contribution in [0.2, 0.25) is 0 Å². The average Bonchev–Trinajstić information content (AvgIpc) is 2.90. The maximum Gasteiger partial charge on any atom is 0.243 e. The zero-order valence-corrected chi connectivity index (χ0v) is 11.8. The predicted molar refractivity (Wildman–Crippen MR) is 80.9 cm³/mol. The van der Waals surface area contributed by atoms with Gasteiger partial charge in [-0.2, -0.15) is 4.98 Å². The zero-order valence-electron chi connectivity index (χ0n) is 11.8. The first-order valence-corrected chi connectivity index (χ1v) is 6.91. The van der Waals surface area contributed by atoms with Crippen molar-refractivity contribution >= 4 is 11.6 Å². The highest BCUT2D eigenvalue weighted by molar-refractivity contribution is 5.45. The maximum atomic E-state index is 4.48. The summed E-state index contributed by atoms with van der Waals surface area (Å²) < 4.78 is 1.86. The standard InChI is InChI=1S/C16H18N4/c1-3-13-8-4-5-9-14(13)11-17-16-18-15-10-6-7-12(2)20(15)19-16/h4-10H,3,11H2,1-2H3,(H,17,19). The lowest BCUT2D eigenvalue weighted by molar-refractivity contribution is 0.907. The minimum atomic E-state index is 0.671. The number of nitrogens with zero attached hydrogens (tertiary/aromatic N) is 3. The molecule has 3 rings (SSSR count). The molecule has 0 bridgehead atoms. The van der Waals surface area contributed by atoms with Crippen molar-refractivity contribution < 1.29 is 0 Å². The monoisotopic (exact) mass is 266 g/mol. The molecule has 0 saturated carbocycles. The van der Waals surface area contributed by atoms with E-state index in [0.717, 1.165) is 24.3 Å². The summed E-state index contributed by atoms with van der Waals surface area (Å²) in [5.74, 6) is 0.671. The van der Waals surface area contributed by atoms with Crippen LogP contribution < -0.4 is 5.32 Å². The third-order valence-corrected chi connectivity index (χ3v) is 3.49. The Kier molecular flexibility index (Phi) is 3.37. The van der Waals surface area contributed by atoms with Crippen molar-refractivity contribution in [2.75, 3.05) is 5.32 Å². The van der Waals surface area contributed by atoms with Gasteiger partial charge >= 0.3 is 0 Å². The Morgan fingerprint density at radius 2 is 1.85 bits per heavy atom. The number of anilines is 1. The second kappa shape index (κ2) is 5.33. The molecule has 0 saturated heterocycles. The molecule has 0 amide bonds. The number of hydrogen-bond acceptors (Lipinski definition) is 3. The van der Waals surface area contributed by atoms with Crippen molar-refractivity contribution in [3.63, 3.8) is 0 Å². The van der Waals surface area contributed by atoms with Crippen molar-refractivity contribution in [2.45, 2.75) is 26.8 Å². The first kappa shape index (κ1) is 12.7. The first-order valence-electron chi connectivity index (χ1n) is 6.91. The van der Waals surface area contributed by atoms with Crippen LogP contribution in [0.4, 0.5) is 5.95 Å². The molecule has 2 heterocycles. The normalized spacial score (nSPS) is 10.9. The lowest BCUT2D eigenvalue weighted by Gasteiger charge is -2.07. The van der Waals surface area contributed by atoms with E-state index in [-0.39, 0.29) is 0 Å². The largest absolute Gasteiger partial charge is 0.349 e. The number of nitrogens with one attached hydrogen (secondary N) is 1. The van der Waals surface area contributed by atoms with Gasteiger partial charge in [0.2, 0.25) is 5.95 Å². The smallest absolute Gasteiger partial charge is 0.243 e. The summed E-state index contributed by atoms with van der Waals surface area (Å²) in [5, 5.41) is 7.79. The van der Waals surface area contributed by atoms with Crippen molar-refractivity contribution in [1.29, 1.82) is 0 Å². The van der Waals surface area contributed by atoms with Gasteiger partial charge in [0.05, 0.1) is 0 Å². The molecule has 20 heavy (non-hydrogen) atoms. The number of rotatable bonds is 4. The third kappa shape index (κ3) is 2.37. The molecule has 4 heteroatoms. The molecule has 0 spiro atoms. The first-order chi connectivity index (χ1) is 9.78. The number of fused-ring (bicyclic) bond motifs is 1. The minimum Gasteiger partial charge on any atom is -0.349 e. The number of aromatic nitrogens is 3. The van der Waals surface area contributed by atoms with Gasteiger partial charge < -0.3 is 5.32 Å². The lowest BCUT2D eigenvalue weighted by Crippen LogP contribution is -2.04. The fraction of sp³-hybridized carbons (Fsp3) is 0.250. The Bertz CT molecular complexity index is 730. The van der Waals surface area contributed by atoms with Crippen LogP contribution in [-0.2, 0) is 13.0 Å². The number of pyridine rings is 1. The number of hydrogen-bond donors (Lipinski definition) is 1. The number of aryl methyl sites for hydroxylation is 2. The average molecular weight is 266 g/mol. The van der Waals surface area contributed by atoms with Gasteiger partial charge in [0.15, 0.2) is 5.65 Å². The van der Waals surface area contributed by atoms with E-state index in [1.807, 2.05) is 29.6 Å². The van der Waals surface area contributed by atoms with Gasteiger partial charge in [0.1, 0.15) is 0 Å². The second-order valence-electron chi connectivity index (χ2n) is 4.85. The van der Waals surface area contributed by atoms with Crippen LogP contribution in [0.3, 0.4) is 0 Å². The molecule has 2 aromatic heterocycles. The molecule has 0 atom stereocenters. The van der Waals surface area contributed by atoms with E-state index >= 15 is 0 Å². The third-order valence-electron chi connectivity index (χ3n) is 3.49. The topological polar surface area (TPSA) is 42.2 Å². The molecule has 0 radical (unpaired) electrons. The van der Waals surface area contributed by atoms with Crippen LogP contribution in [0.15, 0.2) is 42.5 Å². The summed E-state index contributed by atoms with van der Waals surface area (Å²) >= 11 is 0. The van der Waals surface area contributed by atoms with Gasteiger partial charge in [0.25, 0.3) is 0 Å². The fourth-order valence-corrected chi connectivity index (χ4v) is 2.36. The molecule has 1 N–H and O–H groups in total. The van der Waals surface area contributed by atoms with E-state index in [1.165, 1.54) is 11.1 Å². The summed E-state index contributed by atoms with van der Waals surface area (Å²) in [6.07, 6.45) is 1.04. The molecule has 3 aromatic rings. The van der Waals surface area contributed by atoms with Gasteiger partial charge in [-0.1, -0.05) is 37.3 Å². The summed E-state index contributed by atoms with van der Waals surface area (Å²) in [6.45, 7) is 4.95. The van der Waals surface area contributed by atoms with Crippen LogP contribution in [0.5, 0.6) is 0 Å². The molecule has 4 nitrogen and oxygen atoms in total. The van der Waals surface area contributed by atoms with E-state index in [0.29, 0.717) is 5.95 Å². The van der Waals surface area contributed by atoms with Crippen molar-refractivity contribution in [1.82, 2.24) is 14.6 Å². The van der Waals surface area contributed by atoms with Gasteiger partial charge in [-0.05, 0) is 36.6 Å². The Labute approximate surface area is 118 Å². The van der Waals surface area contributed by atoms with Gasteiger partial charge in [0, 0.05) is 12.2 Å². The van der Waals surface area contributed by atoms with Crippen molar-refractivity contribution in [3.05, 3.63) is 59.3 Å². The molecule has 102 valence electrons. The van der Waals surface area contributed by atoms with E-state index in [1.54, 1.807) is 0 Å². The van der Waals surface area contributed by atoms with Crippen molar-refractivity contribution in [2.24, 2.45) is 0 Å². The summed E-state index contributed by atoms with van der Waals surface area (Å²) in [4.78, 5) is 4.48. The van der Waals surface area contributed by atoms with Crippen molar-refractivity contribution in [3.8, 4) is 0 Å². The minimum absolute atomic E-state index is 0.671. The summed E-state index contributed by atoms with van der Waals surface area (Å²) in [7, 11) is 0. The fourth-order valence-electron chi connectivity index (χ4n) is 2.36. The summed E-state index contributed by atoms with van der Waals surface area (Å²) in [5.41, 5.74) is 4.61. The van der Waals surface area contributed by atoms with E-state index in [2.05, 4.69) is 46.6 Å². The van der Waals surface area contributed by atoms with Gasteiger partial charge in [-0.25, -0.2) is 4.52 Å². The van der Waals surface area contributed by atoms with Gasteiger partial charge in [-0.15, -0.1) is 5.10 Å². The quantitative estimate of drug-likeness (QED) is 0.788. The molecular formula is C16H18N4. The molecule has 0 unspecified atom stereocenters. The molecule has 0 aliphatic rings. The maximum absolute atomic E-state index is 4.48. The van der Waals surface area contributed by atoms with Crippen LogP contribution in [0, 0.1) is 6.92 Å². The van der Waals surface area contributed by atoms with Crippen LogP contribution in [0.25, 0.3) is 5.65 Å². The van der Waals surface area contributed by atoms with Gasteiger partial charge in [-0.3, -0.25) is 0 Å². The second-order valence-corrected chi connectivity index (χ2v) is 4.85. The Morgan fingerprint density at radius 1 is 1.05 bits per heavy atom. The Morgan fingerprint density at radius 3 is 2.60 bits per heavy atom. The lowest BCUT2D eigenvalue weighted by atomic mass is 10.1. The molecular weight excluding hydrogens is 248 g/mol. The van der Waals surface area contributed by atoms with Crippen LogP contribution in [-0.4, -0.2) is 14.6 Å². The Hall–Kier alpha value is -2.36. The molecule has 0 aliphatic heterocycles. The van der Waals surface area contributed by atoms with E-state index in [9.17, 15) is 0 Å². The highest BCUT2D eigenvalue weighted by atomic mass is 15.3. The molecule has 0 fully saturated rings. The Balaban J connectivity index is 1.82. The zero-order chi connectivity index (χ0) is 13.9. The van der Waals surface area contributed by atoms with E-state index in [4.69, 9.17) is 0 Å². The van der Waals surface area contributed by atoms with Crippen LogP contribution in [0.1, 0.15) is 23.7 Å². The highest BCUT2D eigenvalue weighted by Gasteiger charge is 2.05. The molecule has 0 aliphatic carbocycles. The summed E-state index contributed by atoms with van der Waals surface area (Å²) in [6, 6.07) is 14.4. The van der Waals surface area contributed by atoms with E-state index < -0.39 is 0 Å². The SMILES string of the molecule is CCc1ccccc1CNc1nc2cccc(C)n2n1. The highest BCUT2D eigenvalue weighted by Crippen LogP contribution is 2.12. The molecule has 1 aromatic carbocycles.